The number of fused-ring (bicyclic) bond motifs is 5. The summed E-state index contributed by atoms with van der Waals surface area (Å²) in [5.41, 5.74) is 0.658. The van der Waals surface area contributed by atoms with E-state index >= 15 is 0 Å². The van der Waals surface area contributed by atoms with E-state index in [1.807, 2.05) is 6.08 Å². The highest BCUT2D eigenvalue weighted by atomic mass is 32.1. The van der Waals surface area contributed by atoms with E-state index in [1.54, 1.807) is 0 Å². The van der Waals surface area contributed by atoms with Crippen molar-refractivity contribution in [1.29, 1.82) is 0 Å². The van der Waals surface area contributed by atoms with Crippen molar-refractivity contribution in [3.8, 4) is 0 Å². The van der Waals surface area contributed by atoms with Crippen LogP contribution in [-0.4, -0.2) is 16.0 Å². The van der Waals surface area contributed by atoms with Gasteiger partial charge in [0.15, 0.2) is 10.9 Å². The maximum atomic E-state index is 12.9. The predicted molar refractivity (Wildman–Crippen MR) is 100 cm³/mol. The van der Waals surface area contributed by atoms with Gasteiger partial charge in [-0.25, -0.2) is 0 Å². The van der Waals surface area contributed by atoms with Crippen LogP contribution in [0, 0.1) is 40.4 Å². The number of carbonyl (C=O) groups is 2. The molecule has 3 saturated carbocycles. The molecule has 4 aliphatic carbocycles. The minimum Gasteiger partial charge on any atom is -0.508 e. The van der Waals surface area contributed by atoms with Gasteiger partial charge in [-0.15, -0.1) is 12.6 Å². The van der Waals surface area contributed by atoms with Gasteiger partial charge in [0, 0.05) is 12.0 Å². The maximum Gasteiger partial charge on any atom is 0.189 e. The summed E-state index contributed by atoms with van der Waals surface area (Å²) < 4.78 is 0. The largest absolute Gasteiger partial charge is 0.508 e. The monoisotopic (exact) mass is 360 g/mol. The molecule has 4 rings (SSSR count). The number of ketones is 1. The Labute approximate surface area is 155 Å². The van der Waals surface area contributed by atoms with E-state index < -0.39 is 5.41 Å². The van der Waals surface area contributed by atoms with Crippen molar-refractivity contribution in [2.75, 3.05) is 0 Å². The van der Waals surface area contributed by atoms with Gasteiger partial charge in [-0.2, -0.15) is 0 Å². The van der Waals surface area contributed by atoms with E-state index in [0.717, 1.165) is 37.7 Å². The van der Waals surface area contributed by atoms with Crippen molar-refractivity contribution >= 4 is 23.5 Å². The molecule has 1 N–H and O–H groups in total. The molecule has 0 aliphatic heterocycles. The number of aliphatic hydroxyl groups is 1. The molecule has 0 radical (unpaired) electrons. The second-order valence-corrected chi connectivity index (χ2v) is 9.74. The fourth-order valence-electron chi connectivity index (χ4n) is 7.18. The van der Waals surface area contributed by atoms with Crippen LogP contribution in [0.2, 0.25) is 0 Å². The van der Waals surface area contributed by atoms with Crippen LogP contribution in [0.1, 0.15) is 52.9 Å². The number of allylic oxidation sites excluding steroid dienone is 3. The van der Waals surface area contributed by atoms with Gasteiger partial charge in [0.2, 0.25) is 0 Å². The van der Waals surface area contributed by atoms with Gasteiger partial charge in [-0.1, -0.05) is 19.4 Å². The van der Waals surface area contributed by atoms with E-state index in [9.17, 15) is 14.7 Å². The number of thiol groups is 1. The summed E-state index contributed by atoms with van der Waals surface area (Å²) in [4.78, 5) is 25.1. The molecule has 2 unspecified atom stereocenters. The van der Waals surface area contributed by atoms with E-state index in [0.29, 0.717) is 23.7 Å². The molecule has 0 heterocycles. The Hall–Kier alpha value is -1.03. The number of carbonyl (C=O) groups excluding carboxylic acids is 2. The Balaban J connectivity index is 1.72. The van der Waals surface area contributed by atoms with Crippen LogP contribution < -0.4 is 0 Å². The van der Waals surface area contributed by atoms with Crippen LogP contribution in [-0.2, 0) is 9.59 Å². The van der Waals surface area contributed by atoms with Gasteiger partial charge in [0.05, 0.1) is 5.41 Å². The smallest absolute Gasteiger partial charge is 0.189 e. The molecule has 0 aromatic heterocycles. The highest BCUT2D eigenvalue weighted by molar-refractivity contribution is 7.96. The quantitative estimate of drug-likeness (QED) is 0.677. The molecule has 7 atom stereocenters. The molecular weight excluding hydrogens is 332 g/mol. The zero-order chi connectivity index (χ0) is 18.1. The lowest BCUT2D eigenvalue weighted by Gasteiger charge is -2.56. The van der Waals surface area contributed by atoms with Crippen molar-refractivity contribution < 1.29 is 14.7 Å². The number of hydrogen-bond acceptors (Lipinski definition) is 3. The summed E-state index contributed by atoms with van der Waals surface area (Å²) in [6.07, 6.45) is 8.22. The average molecular weight is 361 g/mol. The van der Waals surface area contributed by atoms with E-state index in [1.165, 1.54) is 6.08 Å². The van der Waals surface area contributed by atoms with Crippen molar-refractivity contribution in [3.63, 3.8) is 0 Å². The second kappa shape index (κ2) is 5.48. The molecule has 0 saturated heterocycles. The molecule has 0 aromatic rings. The SMILES string of the molecule is CC1C[C@H]2[C@@H]3CCC4=CC(O)=CC(=O)[C@]4(C)[C@H]3CC[C@]2(C)C1C(=O)S. The topological polar surface area (TPSA) is 54.4 Å². The average Bonchev–Trinajstić information content (AvgIpc) is 2.79. The van der Waals surface area contributed by atoms with Crippen LogP contribution in [0.15, 0.2) is 23.5 Å². The molecule has 25 heavy (non-hydrogen) atoms. The zero-order valence-electron chi connectivity index (χ0n) is 15.3. The van der Waals surface area contributed by atoms with E-state index in [2.05, 4.69) is 33.4 Å². The third-order valence-electron chi connectivity index (χ3n) is 8.31. The third-order valence-corrected chi connectivity index (χ3v) is 8.59. The van der Waals surface area contributed by atoms with Crippen molar-refractivity contribution in [3.05, 3.63) is 23.5 Å². The lowest BCUT2D eigenvalue weighted by Crippen LogP contribution is -2.53. The third kappa shape index (κ3) is 2.19. The fourth-order valence-corrected chi connectivity index (χ4v) is 7.73. The van der Waals surface area contributed by atoms with E-state index in [-0.39, 0.29) is 28.0 Å². The summed E-state index contributed by atoms with van der Waals surface area (Å²) in [6.45, 7) is 6.57. The summed E-state index contributed by atoms with van der Waals surface area (Å²) in [5, 5.41) is 9.91. The van der Waals surface area contributed by atoms with Crippen LogP contribution in [0.3, 0.4) is 0 Å². The summed E-state index contributed by atoms with van der Waals surface area (Å²) in [5.74, 6) is 1.88. The van der Waals surface area contributed by atoms with Crippen molar-refractivity contribution in [1.82, 2.24) is 0 Å². The first-order valence-electron chi connectivity index (χ1n) is 9.58. The Morgan fingerprint density at radius 3 is 2.64 bits per heavy atom. The minimum atomic E-state index is -0.469. The Morgan fingerprint density at radius 1 is 1.24 bits per heavy atom. The summed E-state index contributed by atoms with van der Waals surface area (Å²) in [7, 11) is 0. The van der Waals surface area contributed by atoms with Gasteiger partial charge < -0.3 is 5.11 Å². The van der Waals surface area contributed by atoms with Crippen LogP contribution in [0.25, 0.3) is 0 Å². The van der Waals surface area contributed by atoms with Gasteiger partial charge >= 0.3 is 0 Å². The Morgan fingerprint density at radius 2 is 1.96 bits per heavy atom. The Kier molecular flexibility index (Phi) is 3.81. The lowest BCUT2D eigenvalue weighted by atomic mass is 9.47. The van der Waals surface area contributed by atoms with Gasteiger partial charge in [0.1, 0.15) is 5.76 Å². The van der Waals surface area contributed by atoms with Crippen LogP contribution >= 0.6 is 12.6 Å². The van der Waals surface area contributed by atoms with Crippen molar-refractivity contribution in [2.24, 2.45) is 40.4 Å². The van der Waals surface area contributed by atoms with Crippen LogP contribution in [0.5, 0.6) is 0 Å². The first kappa shape index (κ1) is 17.4. The molecule has 0 bridgehead atoms. The van der Waals surface area contributed by atoms with Crippen LogP contribution in [0.4, 0.5) is 0 Å². The normalized spacial score (nSPS) is 48.8. The minimum absolute atomic E-state index is 0.0205. The number of hydrogen-bond donors (Lipinski definition) is 2. The lowest BCUT2D eigenvalue weighted by molar-refractivity contribution is -0.134. The molecule has 136 valence electrons. The molecule has 0 amide bonds. The maximum absolute atomic E-state index is 12.9. The van der Waals surface area contributed by atoms with Gasteiger partial charge in [-0.05, 0) is 74.2 Å². The van der Waals surface area contributed by atoms with E-state index in [4.69, 9.17) is 0 Å². The molecule has 4 heteroatoms. The molecule has 3 nitrogen and oxygen atoms in total. The van der Waals surface area contributed by atoms with Gasteiger partial charge in [-0.3, -0.25) is 9.59 Å². The summed E-state index contributed by atoms with van der Waals surface area (Å²) in [6, 6.07) is 0. The predicted octanol–water partition coefficient (Wildman–Crippen LogP) is 4.50. The molecule has 4 aliphatic rings. The van der Waals surface area contributed by atoms with Crippen molar-refractivity contribution in [2.45, 2.75) is 52.9 Å². The number of rotatable bonds is 1. The molecule has 0 spiro atoms. The summed E-state index contributed by atoms with van der Waals surface area (Å²) >= 11 is 4.22. The zero-order valence-corrected chi connectivity index (χ0v) is 16.2. The second-order valence-electron chi connectivity index (χ2n) is 9.29. The first-order chi connectivity index (χ1) is 11.7. The molecular formula is C21H28O3S. The Bertz CT molecular complexity index is 708. The standard InChI is InChI=1S/C21H28O3S/c1-11-8-16-14-5-4-12-9-13(22)10-17(23)21(12,3)15(14)6-7-20(16,2)18(11)19(24)25/h9-11,14-16,18,22H,4-8H2,1-3H3,(H,24,25)/t11?,14-,15+,16+,18?,20+,21+/m1/s1. The molecule has 0 aromatic carbocycles. The number of aliphatic hydroxyl groups excluding tert-OH is 1. The highest BCUT2D eigenvalue weighted by Crippen LogP contribution is 2.67. The first-order valence-corrected chi connectivity index (χ1v) is 10.0. The molecule has 3 fully saturated rings. The van der Waals surface area contributed by atoms with Gasteiger partial charge in [0.25, 0.3) is 0 Å². The highest BCUT2D eigenvalue weighted by Gasteiger charge is 2.62. The fraction of sp³-hybridized carbons (Fsp3) is 0.714.